The molecule has 4 rings (SSSR count). The van der Waals surface area contributed by atoms with Crippen molar-refractivity contribution in [2.75, 3.05) is 13.7 Å². The number of sulfonamides is 1. The molecule has 1 fully saturated rings. The molecule has 1 aliphatic rings. The Hall–Kier alpha value is -3.66. The standard InChI is InChI=1S/C21H19F5N6O4S/c1-36-19-12(10-31(30-19)15-8-28-20(29-9-15)21(24,25)26)7-27-18(33)17-6-14(23)11-32(17)37(34,35)16-4-2-13(22)3-5-16/h2-5,8-10,14,17H,6-7,11H2,1H3,(H,27,33)/t14-,17+/m1/s1. The maximum atomic E-state index is 14.2. The zero-order chi connectivity index (χ0) is 27.0. The molecule has 0 bridgehead atoms. The van der Waals surface area contributed by atoms with Crippen LogP contribution in [-0.2, 0) is 27.5 Å². The van der Waals surface area contributed by atoms with Gasteiger partial charge in [-0.05, 0) is 24.3 Å². The van der Waals surface area contributed by atoms with Gasteiger partial charge in [0.25, 0.3) is 0 Å². The summed E-state index contributed by atoms with van der Waals surface area (Å²) < 4.78 is 98.5. The molecule has 0 saturated carbocycles. The zero-order valence-electron chi connectivity index (χ0n) is 19.0. The van der Waals surface area contributed by atoms with E-state index in [9.17, 15) is 35.2 Å². The second-order valence-corrected chi connectivity index (χ2v) is 9.86. The van der Waals surface area contributed by atoms with Crippen molar-refractivity contribution in [2.24, 2.45) is 0 Å². The lowest BCUT2D eigenvalue weighted by Crippen LogP contribution is -2.45. The van der Waals surface area contributed by atoms with E-state index in [0.717, 1.165) is 45.6 Å². The molecule has 0 radical (unpaired) electrons. The van der Waals surface area contributed by atoms with Gasteiger partial charge in [-0.2, -0.15) is 17.5 Å². The van der Waals surface area contributed by atoms with Crippen LogP contribution in [0.4, 0.5) is 22.0 Å². The van der Waals surface area contributed by atoms with Crippen LogP contribution in [0.5, 0.6) is 5.88 Å². The van der Waals surface area contributed by atoms with Crippen molar-refractivity contribution in [1.29, 1.82) is 0 Å². The van der Waals surface area contributed by atoms with Crippen LogP contribution in [0.25, 0.3) is 5.69 Å². The Morgan fingerprint density at radius 1 is 1.19 bits per heavy atom. The fraction of sp³-hybridized carbons (Fsp3) is 0.333. The predicted octanol–water partition coefficient (Wildman–Crippen LogP) is 2.25. The number of nitrogens with zero attached hydrogens (tertiary/aromatic N) is 5. The number of ether oxygens (including phenoxy) is 1. The van der Waals surface area contributed by atoms with E-state index in [-0.39, 0.29) is 29.4 Å². The summed E-state index contributed by atoms with van der Waals surface area (Å²) in [4.78, 5) is 19.1. The SMILES string of the molecule is COc1nn(-c2cnc(C(F)(F)F)nc2)cc1CNC(=O)[C@@H]1C[C@@H](F)CN1S(=O)(=O)c1ccc(F)cc1. The third kappa shape index (κ3) is 5.53. The number of aromatic nitrogens is 4. The number of carbonyl (C=O) groups excluding carboxylic acids is 1. The van der Waals surface area contributed by atoms with Gasteiger partial charge in [0, 0.05) is 25.7 Å². The van der Waals surface area contributed by atoms with Crippen LogP contribution in [0.3, 0.4) is 0 Å². The number of rotatable bonds is 7. The van der Waals surface area contributed by atoms with E-state index in [1.807, 2.05) is 0 Å². The first-order valence-corrected chi connectivity index (χ1v) is 12.1. The zero-order valence-corrected chi connectivity index (χ0v) is 19.8. The van der Waals surface area contributed by atoms with Crippen LogP contribution < -0.4 is 10.1 Å². The van der Waals surface area contributed by atoms with Gasteiger partial charge in [-0.3, -0.25) is 4.79 Å². The van der Waals surface area contributed by atoms with E-state index in [1.54, 1.807) is 0 Å². The lowest BCUT2D eigenvalue weighted by molar-refractivity contribution is -0.145. The van der Waals surface area contributed by atoms with Crippen molar-refractivity contribution in [1.82, 2.24) is 29.4 Å². The molecule has 1 aliphatic heterocycles. The minimum Gasteiger partial charge on any atom is -0.480 e. The number of hydrogen-bond donors (Lipinski definition) is 1. The van der Waals surface area contributed by atoms with E-state index in [1.165, 1.54) is 13.3 Å². The average molecular weight is 546 g/mol. The lowest BCUT2D eigenvalue weighted by atomic mass is 10.2. The molecule has 0 spiro atoms. The number of carbonyl (C=O) groups is 1. The minimum absolute atomic E-state index is 0.0192. The van der Waals surface area contributed by atoms with Gasteiger partial charge in [-0.1, -0.05) is 0 Å². The first kappa shape index (κ1) is 26.4. The summed E-state index contributed by atoms with van der Waals surface area (Å²) in [6, 6.07) is 2.56. The van der Waals surface area contributed by atoms with Gasteiger partial charge in [-0.15, -0.1) is 5.10 Å². The van der Waals surface area contributed by atoms with Crippen LogP contribution in [0.1, 0.15) is 17.8 Å². The highest BCUT2D eigenvalue weighted by molar-refractivity contribution is 7.89. The van der Waals surface area contributed by atoms with E-state index in [0.29, 0.717) is 5.56 Å². The summed E-state index contributed by atoms with van der Waals surface area (Å²) in [5.74, 6) is -2.76. The van der Waals surface area contributed by atoms with Crippen LogP contribution in [0.15, 0.2) is 47.8 Å². The Morgan fingerprint density at radius 2 is 1.84 bits per heavy atom. The molecule has 16 heteroatoms. The minimum atomic E-state index is -4.72. The maximum Gasteiger partial charge on any atom is 0.451 e. The van der Waals surface area contributed by atoms with Gasteiger partial charge in [-0.25, -0.2) is 31.8 Å². The van der Waals surface area contributed by atoms with Crippen LogP contribution in [0.2, 0.25) is 0 Å². The molecule has 10 nitrogen and oxygen atoms in total. The summed E-state index contributed by atoms with van der Waals surface area (Å²) in [6.45, 7) is -0.769. The van der Waals surface area contributed by atoms with Gasteiger partial charge < -0.3 is 10.1 Å². The largest absolute Gasteiger partial charge is 0.480 e. The van der Waals surface area contributed by atoms with E-state index in [4.69, 9.17) is 4.74 Å². The molecule has 1 aromatic carbocycles. The Labute approximate surface area is 207 Å². The third-order valence-electron chi connectivity index (χ3n) is 5.48. The molecule has 0 aliphatic carbocycles. The summed E-state index contributed by atoms with van der Waals surface area (Å²) >= 11 is 0. The Balaban J connectivity index is 1.50. The van der Waals surface area contributed by atoms with E-state index in [2.05, 4.69) is 20.4 Å². The number of hydrogen-bond acceptors (Lipinski definition) is 7. The first-order valence-electron chi connectivity index (χ1n) is 10.6. The molecule has 2 atom stereocenters. The summed E-state index contributed by atoms with van der Waals surface area (Å²) in [7, 11) is -3.01. The van der Waals surface area contributed by atoms with E-state index >= 15 is 0 Å². The number of nitrogens with one attached hydrogen (secondary N) is 1. The fourth-order valence-corrected chi connectivity index (χ4v) is 5.33. The highest BCUT2D eigenvalue weighted by Crippen LogP contribution is 2.29. The van der Waals surface area contributed by atoms with Crippen LogP contribution in [0, 0.1) is 5.82 Å². The van der Waals surface area contributed by atoms with Crippen LogP contribution >= 0.6 is 0 Å². The normalized spacial score (nSPS) is 18.6. The summed E-state index contributed by atoms with van der Waals surface area (Å²) in [5, 5.41) is 6.57. The lowest BCUT2D eigenvalue weighted by Gasteiger charge is -2.23. The van der Waals surface area contributed by atoms with Gasteiger partial charge >= 0.3 is 6.18 Å². The molecule has 3 heterocycles. The molecule has 2 aromatic heterocycles. The number of methoxy groups -OCH3 is 1. The number of benzene rings is 1. The van der Waals surface area contributed by atoms with Crippen molar-refractivity contribution in [3.05, 3.63) is 60.1 Å². The smallest absolute Gasteiger partial charge is 0.451 e. The second-order valence-electron chi connectivity index (χ2n) is 7.97. The molecular weight excluding hydrogens is 527 g/mol. The molecule has 0 unspecified atom stereocenters. The molecule has 1 amide bonds. The molecule has 1 N–H and O–H groups in total. The maximum absolute atomic E-state index is 14.2. The number of amides is 1. The molecule has 37 heavy (non-hydrogen) atoms. The highest BCUT2D eigenvalue weighted by atomic mass is 32.2. The van der Waals surface area contributed by atoms with Crippen molar-refractivity contribution in [3.8, 4) is 11.6 Å². The number of alkyl halides is 4. The molecule has 3 aromatic rings. The molecule has 1 saturated heterocycles. The van der Waals surface area contributed by atoms with Gasteiger partial charge in [0.15, 0.2) is 0 Å². The van der Waals surface area contributed by atoms with E-state index < -0.39 is 52.5 Å². The highest BCUT2D eigenvalue weighted by Gasteiger charge is 2.44. The third-order valence-corrected chi connectivity index (χ3v) is 7.37. The Morgan fingerprint density at radius 3 is 2.43 bits per heavy atom. The Kier molecular flexibility index (Phi) is 7.14. The summed E-state index contributed by atoms with van der Waals surface area (Å²) in [5.41, 5.74) is 0.370. The van der Waals surface area contributed by atoms with Crippen molar-refractivity contribution >= 4 is 15.9 Å². The number of halogens is 5. The second kappa shape index (κ2) is 10.0. The van der Waals surface area contributed by atoms with Gasteiger partial charge in [0.1, 0.15) is 23.7 Å². The fourth-order valence-electron chi connectivity index (χ4n) is 3.71. The van der Waals surface area contributed by atoms with Crippen molar-refractivity contribution in [3.63, 3.8) is 0 Å². The van der Waals surface area contributed by atoms with Crippen LogP contribution in [-0.4, -0.2) is 64.2 Å². The predicted molar refractivity (Wildman–Crippen MR) is 116 cm³/mol. The summed E-state index contributed by atoms with van der Waals surface area (Å²) in [6.07, 6.45) is -3.53. The van der Waals surface area contributed by atoms with Gasteiger partial charge in [0.05, 0.1) is 30.0 Å². The first-order chi connectivity index (χ1) is 17.4. The molecule has 198 valence electrons. The van der Waals surface area contributed by atoms with Gasteiger partial charge in [0.2, 0.25) is 27.6 Å². The quantitative estimate of drug-likeness (QED) is 0.452. The average Bonchev–Trinajstić information content (AvgIpc) is 3.46. The van der Waals surface area contributed by atoms with Crippen molar-refractivity contribution < 1.29 is 39.9 Å². The monoisotopic (exact) mass is 546 g/mol. The molecular formula is C21H19F5N6O4S. The van der Waals surface area contributed by atoms with Crippen molar-refractivity contribution in [2.45, 2.75) is 36.3 Å². The Bertz CT molecular complexity index is 1380. The topological polar surface area (TPSA) is 119 Å².